The van der Waals surface area contributed by atoms with E-state index in [2.05, 4.69) is 0 Å². The van der Waals surface area contributed by atoms with Crippen LogP contribution in [0.4, 0.5) is 0 Å². The van der Waals surface area contributed by atoms with E-state index in [0.717, 1.165) is 12.8 Å². The van der Waals surface area contributed by atoms with Gasteiger partial charge >= 0.3 is 0 Å². The first kappa shape index (κ1) is 17.3. The number of benzene rings is 1. The van der Waals surface area contributed by atoms with Gasteiger partial charge in [-0.2, -0.15) is 4.31 Å². The van der Waals surface area contributed by atoms with Crippen LogP contribution in [0.25, 0.3) is 0 Å². The standard InChI is InChI=1S/C13H17Cl3N2O2S/c1-8(17)9-3-2-4-18(7-9)21(19,20)13-11(15)5-10(14)6-12(13)16/h5-6,8-9H,2-4,7,17H2,1H3. The summed E-state index contributed by atoms with van der Waals surface area (Å²) >= 11 is 17.9. The van der Waals surface area contributed by atoms with Gasteiger partial charge < -0.3 is 5.73 Å². The molecule has 0 saturated carbocycles. The molecule has 1 fully saturated rings. The molecule has 2 unspecified atom stereocenters. The van der Waals surface area contributed by atoms with Crippen molar-refractivity contribution < 1.29 is 8.42 Å². The Morgan fingerprint density at radius 1 is 1.29 bits per heavy atom. The Balaban J connectivity index is 2.39. The van der Waals surface area contributed by atoms with E-state index in [-0.39, 0.29) is 26.9 Å². The van der Waals surface area contributed by atoms with Crippen LogP contribution in [0.1, 0.15) is 19.8 Å². The summed E-state index contributed by atoms with van der Waals surface area (Å²) in [4.78, 5) is -0.0828. The lowest BCUT2D eigenvalue weighted by molar-refractivity contribution is 0.243. The molecule has 1 aromatic rings. The molecule has 0 aliphatic carbocycles. The predicted octanol–water partition coefficient (Wildman–Crippen LogP) is 3.39. The highest BCUT2D eigenvalue weighted by molar-refractivity contribution is 7.89. The molecule has 2 N–H and O–H groups in total. The molecule has 8 heteroatoms. The number of piperidine rings is 1. The van der Waals surface area contributed by atoms with Gasteiger partial charge in [0.15, 0.2) is 0 Å². The van der Waals surface area contributed by atoms with Gasteiger partial charge in [0.25, 0.3) is 0 Å². The van der Waals surface area contributed by atoms with Crippen LogP contribution in [0.15, 0.2) is 17.0 Å². The van der Waals surface area contributed by atoms with Crippen molar-refractivity contribution in [1.82, 2.24) is 4.31 Å². The van der Waals surface area contributed by atoms with Crippen molar-refractivity contribution in [3.8, 4) is 0 Å². The van der Waals surface area contributed by atoms with E-state index in [1.54, 1.807) is 0 Å². The average Bonchev–Trinajstić information content (AvgIpc) is 2.37. The molecule has 1 aliphatic rings. The first-order valence-corrected chi connectivity index (χ1v) is 9.21. The molecule has 0 amide bonds. The lowest BCUT2D eigenvalue weighted by Crippen LogP contribution is -2.45. The zero-order valence-corrected chi connectivity index (χ0v) is 14.6. The van der Waals surface area contributed by atoms with Crippen molar-refractivity contribution in [3.63, 3.8) is 0 Å². The molecule has 0 radical (unpaired) electrons. The van der Waals surface area contributed by atoms with E-state index in [4.69, 9.17) is 40.5 Å². The van der Waals surface area contributed by atoms with Gasteiger partial charge in [0.1, 0.15) is 4.90 Å². The first-order valence-electron chi connectivity index (χ1n) is 6.63. The van der Waals surface area contributed by atoms with Gasteiger partial charge in [0.2, 0.25) is 10.0 Å². The van der Waals surface area contributed by atoms with Gasteiger partial charge in [0.05, 0.1) is 10.0 Å². The lowest BCUT2D eigenvalue weighted by Gasteiger charge is -2.34. The fraction of sp³-hybridized carbons (Fsp3) is 0.538. The van der Waals surface area contributed by atoms with Crippen molar-refractivity contribution >= 4 is 44.8 Å². The summed E-state index contributed by atoms with van der Waals surface area (Å²) in [7, 11) is -3.75. The number of rotatable bonds is 3. The second-order valence-electron chi connectivity index (χ2n) is 5.32. The fourth-order valence-corrected chi connectivity index (χ4v) is 5.55. The molecule has 1 aromatic carbocycles. The molecule has 2 atom stereocenters. The van der Waals surface area contributed by atoms with Crippen molar-refractivity contribution in [1.29, 1.82) is 0 Å². The third-order valence-electron chi connectivity index (χ3n) is 3.73. The van der Waals surface area contributed by atoms with Gasteiger partial charge in [-0.15, -0.1) is 0 Å². The molecule has 118 valence electrons. The van der Waals surface area contributed by atoms with E-state index in [1.165, 1.54) is 16.4 Å². The Kier molecular flexibility index (Phi) is 5.45. The molecule has 1 aliphatic heterocycles. The Morgan fingerprint density at radius 2 is 1.86 bits per heavy atom. The topological polar surface area (TPSA) is 63.4 Å². The summed E-state index contributed by atoms with van der Waals surface area (Å²) in [5.41, 5.74) is 5.90. The second-order valence-corrected chi connectivity index (χ2v) is 8.45. The number of nitrogens with zero attached hydrogens (tertiary/aromatic N) is 1. The van der Waals surface area contributed by atoms with Crippen molar-refractivity contribution in [2.24, 2.45) is 11.7 Å². The summed E-state index contributed by atoms with van der Waals surface area (Å²) in [5.74, 6) is 0.137. The van der Waals surface area contributed by atoms with Crippen LogP contribution in [0, 0.1) is 5.92 Å². The summed E-state index contributed by atoms with van der Waals surface area (Å²) in [6.07, 6.45) is 1.69. The summed E-state index contributed by atoms with van der Waals surface area (Å²) in [6.45, 7) is 2.72. The first-order chi connectivity index (χ1) is 9.73. The quantitative estimate of drug-likeness (QED) is 0.885. The van der Waals surface area contributed by atoms with Crippen LogP contribution in [-0.2, 0) is 10.0 Å². The van der Waals surface area contributed by atoms with E-state index >= 15 is 0 Å². The number of hydrogen-bond donors (Lipinski definition) is 1. The maximum Gasteiger partial charge on any atom is 0.246 e. The van der Waals surface area contributed by atoms with Crippen LogP contribution in [0.2, 0.25) is 15.1 Å². The van der Waals surface area contributed by atoms with Crippen molar-refractivity contribution in [2.45, 2.75) is 30.7 Å². The molecular weight excluding hydrogens is 355 g/mol. The second kappa shape index (κ2) is 6.60. The number of halogens is 3. The third-order valence-corrected chi connectivity index (χ3v) is 6.73. The minimum Gasteiger partial charge on any atom is -0.328 e. The van der Waals surface area contributed by atoms with Crippen LogP contribution < -0.4 is 5.73 Å². The van der Waals surface area contributed by atoms with Crippen molar-refractivity contribution in [3.05, 3.63) is 27.2 Å². The number of nitrogens with two attached hydrogens (primary N) is 1. The zero-order valence-electron chi connectivity index (χ0n) is 11.5. The fourth-order valence-electron chi connectivity index (χ4n) is 2.53. The molecule has 0 bridgehead atoms. The third kappa shape index (κ3) is 3.66. The van der Waals surface area contributed by atoms with Gasteiger partial charge in [-0.3, -0.25) is 0 Å². The van der Waals surface area contributed by atoms with Gasteiger partial charge in [-0.05, 0) is 37.8 Å². The highest BCUT2D eigenvalue weighted by atomic mass is 35.5. The predicted molar refractivity (Wildman–Crippen MR) is 86.6 cm³/mol. The molecule has 0 aromatic heterocycles. The molecule has 2 rings (SSSR count). The highest BCUT2D eigenvalue weighted by Gasteiger charge is 2.34. The molecule has 21 heavy (non-hydrogen) atoms. The van der Waals surface area contributed by atoms with Crippen LogP contribution in [0.5, 0.6) is 0 Å². The largest absolute Gasteiger partial charge is 0.328 e. The van der Waals surface area contributed by atoms with E-state index in [0.29, 0.717) is 18.1 Å². The SMILES string of the molecule is CC(N)C1CCCN(S(=O)(=O)c2c(Cl)cc(Cl)cc2Cl)C1. The zero-order chi connectivity index (χ0) is 15.8. The highest BCUT2D eigenvalue weighted by Crippen LogP contribution is 2.36. The Bertz CT molecular complexity index is 611. The van der Waals surface area contributed by atoms with Gasteiger partial charge in [-0.25, -0.2) is 8.42 Å². The van der Waals surface area contributed by atoms with Crippen LogP contribution >= 0.6 is 34.8 Å². The van der Waals surface area contributed by atoms with E-state index in [9.17, 15) is 8.42 Å². The number of sulfonamides is 1. The van der Waals surface area contributed by atoms with Crippen LogP contribution in [-0.4, -0.2) is 31.9 Å². The Labute approximate surface area is 140 Å². The normalized spacial score (nSPS) is 22.2. The minimum atomic E-state index is -3.75. The molecule has 1 saturated heterocycles. The smallest absolute Gasteiger partial charge is 0.246 e. The molecule has 4 nitrogen and oxygen atoms in total. The summed E-state index contributed by atoms with van der Waals surface area (Å²) in [6, 6.07) is 2.71. The average molecular weight is 372 g/mol. The molecular formula is C13H17Cl3N2O2S. The van der Waals surface area contributed by atoms with E-state index < -0.39 is 10.0 Å². The van der Waals surface area contributed by atoms with Gasteiger partial charge in [0, 0.05) is 24.2 Å². The van der Waals surface area contributed by atoms with Gasteiger partial charge in [-0.1, -0.05) is 34.8 Å². The summed E-state index contributed by atoms with van der Waals surface area (Å²) in [5, 5.41) is 0.377. The lowest BCUT2D eigenvalue weighted by atomic mass is 9.93. The minimum absolute atomic E-state index is 0.0374. The maximum atomic E-state index is 12.8. The van der Waals surface area contributed by atoms with Crippen molar-refractivity contribution in [2.75, 3.05) is 13.1 Å². The monoisotopic (exact) mass is 370 g/mol. The summed E-state index contributed by atoms with van der Waals surface area (Å²) < 4.78 is 27.0. The molecule has 0 spiro atoms. The Morgan fingerprint density at radius 3 is 2.38 bits per heavy atom. The molecule has 1 heterocycles. The Hall–Kier alpha value is -0.0400. The number of hydrogen-bond acceptors (Lipinski definition) is 3. The maximum absolute atomic E-state index is 12.8. The van der Waals surface area contributed by atoms with Crippen LogP contribution in [0.3, 0.4) is 0 Å². The van der Waals surface area contributed by atoms with E-state index in [1.807, 2.05) is 6.92 Å².